The first-order valence-corrected chi connectivity index (χ1v) is 11.9. The van der Waals surface area contributed by atoms with Gasteiger partial charge in [0.2, 0.25) is 0 Å². The lowest BCUT2D eigenvalue weighted by Crippen LogP contribution is -2.40. The van der Waals surface area contributed by atoms with E-state index in [4.69, 9.17) is 0 Å². The molecule has 0 rings (SSSR count). The molecule has 0 heterocycles. The molecule has 0 bridgehead atoms. The van der Waals surface area contributed by atoms with Gasteiger partial charge >= 0.3 is 0 Å². The highest BCUT2D eigenvalue weighted by Crippen LogP contribution is 2.29. The van der Waals surface area contributed by atoms with Crippen LogP contribution in [0.15, 0.2) is 0 Å². The average molecular weight is 202 g/mol. The van der Waals surface area contributed by atoms with E-state index >= 15 is 0 Å². The zero-order valence-electron chi connectivity index (χ0n) is 9.83. The fourth-order valence-corrected chi connectivity index (χ4v) is 15.7. The smallest absolute Gasteiger partial charge is 0.0501 e. The molecule has 0 aliphatic carbocycles. The molecule has 0 saturated carbocycles. The van der Waals surface area contributed by atoms with Crippen LogP contribution < -0.4 is 0 Å². The van der Waals surface area contributed by atoms with Crippen LogP contribution in [0.5, 0.6) is 0 Å². The van der Waals surface area contributed by atoms with Crippen LogP contribution in [0.1, 0.15) is 20.8 Å². The fourth-order valence-electron chi connectivity index (χ4n) is 2.25. The van der Waals surface area contributed by atoms with Crippen LogP contribution in [-0.2, 0) is 0 Å². The summed E-state index contributed by atoms with van der Waals surface area (Å²) in [5.41, 5.74) is 1.64. The molecule has 0 atom stereocenters. The predicted octanol–water partition coefficient (Wildman–Crippen LogP) is 4.37. The maximum absolute atomic E-state index is 2.52. The summed E-state index contributed by atoms with van der Waals surface area (Å²) >= 11 is 0. The summed E-state index contributed by atoms with van der Waals surface area (Å²) in [6.45, 7) is 14.8. The summed E-state index contributed by atoms with van der Waals surface area (Å²) in [5.74, 6) is 0. The van der Waals surface area contributed by atoms with Gasteiger partial charge < -0.3 is 0 Å². The summed E-state index contributed by atoms with van der Waals surface area (Å²) in [6, 6.07) is 4.51. The number of hydrogen-bond acceptors (Lipinski definition) is 0. The molecule has 2 heteroatoms. The summed E-state index contributed by atoms with van der Waals surface area (Å²) in [5, 5.41) is 0. The monoisotopic (exact) mass is 202 g/mol. The van der Waals surface area contributed by atoms with Gasteiger partial charge in [0, 0.05) is 8.07 Å². The molecule has 0 aromatic rings. The third-order valence-electron chi connectivity index (χ3n) is 3.16. The second-order valence-corrected chi connectivity index (χ2v) is 17.0. The van der Waals surface area contributed by atoms with Gasteiger partial charge in [-0.1, -0.05) is 64.2 Å². The predicted molar refractivity (Wildman–Crippen MR) is 65.4 cm³/mol. The van der Waals surface area contributed by atoms with Crippen molar-refractivity contribution in [2.24, 2.45) is 0 Å². The Morgan fingerprint density at radius 2 is 1.08 bits per heavy atom. The van der Waals surface area contributed by atoms with Crippen molar-refractivity contribution in [2.45, 2.75) is 64.2 Å². The molecule has 0 N–H and O–H groups in total. The maximum Gasteiger partial charge on any atom is 0.0501 e. The molecule has 0 unspecified atom stereocenters. The molecular formula is C10H26Si2. The Labute approximate surface area is 80.8 Å². The van der Waals surface area contributed by atoms with Gasteiger partial charge in [-0.25, -0.2) is 0 Å². The normalized spacial score (nSPS) is 13.5. The number of rotatable bonds is 5. The second kappa shape index (κ2) is 4.61. The third-order valence-corrected chi connectivity index (χ3v) is 14.9. The Balaban J connectivity index is 4.30. The zero-order chi connectivity index (χ0) is 9.83. The van der Waals surface area contributed by atoms with E-state index in [2.05, 4.69) is 40.4 Å². The molecule has 12 heavy (non-hydrogen) atoms. The quantitative estimate of drug-likeness (QED) is 0.581. The summed E-state index contributed by atoms with van der Waals surface area (Å²) in [4.78, 5) is 0. The molecular weight excluding hydrogens is 176 g/mol. The van der Waals surface area contributed by atoms with Gasteiger partial charge in [-0.05, 0) is 0 Å². The lowest BCUT2D eigenvalue weighted by Gasteiger charge is -2.34. The topological polar surface area (TPSA) is 0 Å². The van der Waals surface area contributed by atoms with E-state index in [9.17, 15) is 0 Å². The van der Waals surface area contributed by atoms with Crippen molar-refractivity contribution in [1.82, 2.24) is 0 Å². The molecule has 0 amide bonds. The van der Waals surface area contributed by atoms with Gasteiger partial charge in [0.15, 0.2) is 0 Å². The van der Waals surface area contributed by atoms with Crippen molar-refractivity contribution in [3.8, 4) is 0 Å². The van der Waals surface area contributed by atoms with Crippen LogP contribution in [0.4, 0.5) is 0 Å². The summed E-state index contributed by atoms with van der Waals surface area (Å²) in [7, 11) is -1.58. The highest BCUT2D eigenvalue weighted by atomic mass is 28.4. The van der Waals surface area contributed by atoms with Crippen LogP contribution in [0.25, 0.3) is 0 Å². The minimum atomic E-state index is -0.794. The molecule has 0 fully saturated rings. The van der Waals surface area contributed by atoms with Gasteiger partial charge in [0.05, 0.1) is 8.07 Å². The van der Waals surface area contributed by atoms with Gasteiger partial charge in [-0.2, -0.15) is 0 Å². The molecule has 0 saturated heterocycles. The highest BCUT2D eigenvalue weighted by Gasteiger charge is 2.32. The lowest BCUT2D eigenvalue weighted by molar-refractivity contribution is 1.15. The van der Waals surface area contributed by atoms with Crippen molar-refractivity contribution in [3.05, 3.63) is 0 Å². The Bertz CT molecular complexity index is 112. The van der Waals surface area contributed by atoms with Crippen molar-refractivity contribution in [2.75, 3.05) is 0 Å². The highest BCUT2D eigenvalue weighted by molar-refractivity contribution is 6.95. The largest absolute Gasteiger partial charge is 0.0698 e. The second-order valence-electron chi connectivity index (χ2n) is 5.30. The average Bonchev–Trinajstić information content (AvgIpc) is 1.99. The SMILES string of the molecule is CC[Si](CC)(CC)C[Si](C)(C)C. The first-order valence-electron chi connectivity index (χ1n) is 5.39. The Morgan fingerprint density at radius 3 is 1.17 bits per heavy atom. The van der Waals surface area contributed by atoms with Crippen molar-refractivity contribution < 1.29 is 0 Å². The standard InChI is InChI=1S/C10H26Si2/c1-7-12(8-2,9-3)10-11(4,5)6/h7-10H2,1-6H3. The summed E-state index contributed by atoms with van der Waals surface area (Å²) in [6.07, 6.45) is 0. The minimum absolute atomic E-state index is 0.791. The van der Waals surface area contributed by atoms with E-state index in [0.717, 1.165) is 0 Å². The van der Waals surface area contributed by atoms with E-state index in [0.29, 0.717) is 0 Å². The minimum Gasteiger partial charge on any atom is -0.0698 e. The van der Waals surface area contributed by atoms with Crippen molar-refractivity contribution in [3.63, 3.8) is 0 Å². The molecule has 0 radical (unpaired) electrons. The van der Waals surface area contributed by atoms with Crippen LogP contribution in [0, 0.1) is 0 Å². The van der Waals surface area contributed by atoms with Gasteiger partial charge in [-0.15, -0.1) is 0 Å². The third kappa shape index (κ3) is 3.90. The van der Waals surface area contributed by atoms with Crippen LogP contribution in [-0.4, -0.2) is 16.1 Å². The van der Waals surface area contributed by atoms with Crippen LogP contribution in [0.2, 0.25) is 43.4 Å². The van der Waals surface area contributed by atoms with Crippen molar-refractivity contribution >= 4 is 16.1 Å². The van der Waals surface area contributed by atoms with Gasteiger partial charge in [0.1, 0.15) is 0 Å². The van der Waals surface area contributed by atoms with Crippen molar-refractivity contribution in [1.29, 1.82) is 0 Å². The summed E-state index contributed by atoms with van der Waals surface area (Å²) < 4.78 is 0. The van der Waals surface area contributed by atoms with Gasteiger partial charge in [0.25, 0.3) is 0 Å². The Hall–Kier alpha value is 0.434. The molecule has 0 aromatic carbocycles. The molecule has 0 aliphatic heterocycles. The lowest BCUT2D eigenvalue weighted by atomic mass is 10.9. The van der Waals surface area contributed by atoms with E-state index in [1.807, 2.05) is 0 Å². The van der Waals surface area contributed by atoms with Crippen LogP contribution >= 0.6 is 0 Å². The van der Waals surface area contributed by atoms with Crippen LogP contribution in [0.3, 0.4) is 0 Å². The van der Waals surface area contributed by atoms with E-state index in [-0.39, 0.29) is 0 Å². The first-order chi connectivity index (χ1) is 5.39. The first kappa shape index (κ1) is 12.4. The van der Waals surface area contributed by atoms with E-state index < -0.39 is 16.1 Å². The van der Waals surface area contributed by atoms with E-state index in [1.165, 1.54) is 18.1 Å². The molecule has 0 nitrogen and oxygen atoms in total. The molecule has 0 spiro atoms. The molecule has 0 aliphatic rings. The van der Waals surface area contributed by atoms with Gasteiger partial charge in [-0.3, -0.25) is 0 Å². The number of hydrogen-bond donors (Lipinski definition) is 0. The zero-order valence-corrected chi connectivity index (χ0v) is 11.8. The fraction of sp³-hybridized carbons (Fsp3) is 1.00. The van der Waals surface area contributed by atoms with E-state index in [1.54, 1.807) is 5.67 Å². The Kier molecular flexibility index (Phi) is 4.78. The maximum atomic E-state index is 2.52. The molecule has 0 aromatic heterocycles. The Morgan fingerprint density at radius 1 is 0.750 bits per heavy atom. The molecule has 74 valence electrons.